The molecule has 24 atom stereocenters. The number of hydrogen-bond acceptors (Lipinski definition) is 10. The van der Waals surface area contributed by atoms with Crippen LogP contribution < -0.4 is 0 Å². The Bertz CT molecular complexity index is 6770. The summed E-state index contributed by atoms with van der Waals surface area (Å²) in [5.41, 5.74) is -8.17. The number of rotatable bonds is 6. The zero-order chi connectivity index (χ0) is 114. The summed E-state index contributed by atoms with van der Waals surface area (Å²) in [6, 6.07) is -5.99. The van der Waals surface area contributed by atoms with Crippen LogP contribution in [0.15, 0.2) is 169 Å². The molecule has 10 nitrogen and oxygen atoms in total. The maximum absolute atomic E-state index is 12.2. The minimum absolute atomic E-state index is 0.00181. The molecule has 20 rings (SSSR count). The van der Waals surface area contributed by atoms with Crippen molar-refractivity contribution in [1.29, 1.82) is 0 Å². The molecule has 0 spiro atoms. The molecule has 0 radical (unpaired) electrons. The van der Waals surface area contributed by atoms with E-state index in [4.69, 9.17) is 69.8 Å². The number of aromatic nitrogens is 4. The molecular formula is C100H126N4O6. The van der Waals surface area contributed by atoms with Crippen molar-refractivity contribution in [2.45, 2.75) is 267 Å². The standard InChI is InChI=1S/2C26H33NO2.C24H31NO.C24H29NO/c2*1-17(28)29-20-10-12-25(2)19(15-20)6-7-21-23-9-8-22(18-5-4-14-27-16-18)26(23,3)13-11-24(21)25;2*1-23-11-9-18(26)14-17(23)5-6-19-21-8-7-20(16-4-3-13-25-15-16)24(21,2)12-10-22(19)23/h2*4-6,8,14,16,20-21,23-24H,7,9-13,15H2,1-3H3;3-5,7,13,15,18-19,21-22,26H,6,8-12,14H2,1-2H3;3-4,7,13-15,19,21-22H,5-6,8-12H2,1-2H3/t2*20-,21?,23?,24?,25-,26+;18-,19?,21?,22?,23-,24+;19?,21?,22?,23-,24+/m0000/s1/i2D3,3D3,4D,5D,6D,8D,9D2,14D,16D;2D3,3D3,4D,5D,14D,16D;2*3D,4D,5D,6D2,7D,8D2,13D,15D/t3m;5?,19?,21?,22?,23-,24+. The number of carbonyl (C=O) groups is 3. The van der Waals surface area contributed by atoms with Crippen LogP contribution >= 0.6 is 0 Å². The lowest BCUT2D eigenvalue weighted by molar-refractivity contribution is -0.149. The van der Waals surface area contributed by atoms with Crippen molar-refractivity contribution < 1.29 is 89.3 Å². The number of aliphatic hydroxyl groups excluding tert-OH is 1. The largest absolute Gasteiger partial charge is 0.462 e. The Hall–Kier alpha value is -6.91. The summed E-state index contributed by atoms with van der Waals surface area (Å²) in [7, 11) is 0. The number of allylic oxidation sites excluding steroid dienone is 13. The number of esters is 2. The second-order valence-electron chi connectivity index (χ2n) is 35.0. The number of nitrogens with zero attached hydrogens (tertiary/aromatic N) is 4. The van der Waals surface area contributed by atoms with Crippen LogP contribution in [0.2, 0.25) is 0 Å². The molecule has 1 N–H and O–H groups in total. The summed E-state index contributed by atoms with van der Waals surface area (Å²) in [4.78, 5) is 50.6. The van der Waals surface area contributed by atoms with E-state index in [1.165, 1.54) is 19.9 Å². The van der Waals surface area contributed by atoms with Gasteiger partial charge in [-0.05, 0) is 349 Å². The summed E-state index contributed by atoms with van der Waals surface area (Å²) < 4.78 is 391. The predicted molar refractivity (Wildman–Crippen MR) is 439 cm³/mol. The van der Waals surface area contributed by atoms with Gasteiger partial charge < -0.3 is 14.6 Å². The summed E-state index contributed by atoms with van der Waals surface area (Å²) in [6.45, 7) is -0.410. The van der Waals surface area contributed by atoms with Gasteiger partial charge in [0, 0.05) is 114 Å². The maximum Gasteiger partial charge on any atom is 0.302 e. The monoisotopic (exact) mass is 1520 g/mol. The molecule has 4 heterocycles. The van der Waals surface area contributed by atoms with Gasteiger partial charge in [0.1, 0.15) is 12.2 Å². The van der Waals surface area contributed by atoms with Gasteiger partial charge in [-0.3, -0.25) is 34.3 Å². The van der Waals surface area contributed by atoms with E-state index in [2.05, 4.69) is 19.9 Å². The molecule has 0 aliphatic heterocycles. The first-order chi connectivity index (χ1) is 70.7. The third-order valence-electron chi connectivity index (χ3n) is 29.6. The van der Waals surface area contributed by atoms with E-state index >= 15 is 0 Å². The lowest BCUT2D eigenvalue weighted by Gasteiger charge is -2.57. The van der Waals surface area contributed by atoms with Crippen molar-refractivity contribution in [2.75, 3.05) is 0 Å². The van der Waals surface area contributed by atoms with E-state index in [1.54, 1.807) is 19.9 Å². The van der Waals surface area contributed by atoms with Crippen LogP contribution in [0, 0.1) is 114 Å². The van der Waals surface area contributed by atoms with Crippen molar-refractivity contribution in [3.8, 4) is 0 Å². The Morgan fingerprint density at radius 3 is 1.43 bits per heavy atom. The van der Waals surface area contributed by atoms with E-state index in [0.29, 0.717) is 112 Å². The van der Waals surface area contributed by atoms with Crippen LogP contribution in [0.1, 0.15) is 331 Å². The molecule has 8 fully saturated rings. The zero-order valence-corrected chi connectivity index (χ0v) is 63.3. The average molecular weight is 1520 g/mol. The Kier molecular flexibility index (Phi) is 10.7. The summed E-state index contributed by atoms with van der Waals surface area (Å²) >= 11 is 0. The third-order valence-corrected chi connectivity index (χ3v) is 29.6. The molecule has 0 amide bonds. The molecule has 582 valence electrons. The van der Waals surface area contributed by atoms with Gasteiger partial charge in [0.15, 0.2) is 5.78 Å². The fourth-order valence-corrected chi connectivity index (χ4v) is 23.9. The fourth-order valence-electron chi connectivity index (χ4n) is 23.9. The molecule has 10 heteroatoms. The Labute approximate surface area is 719 Å². The molecule has 4 aromatic rings. The van der Waals surface area contributed by atoms with Gasteiger partial charge in [-0.15, -0.1) is 0 Å². The van der Waals surface area contributed by atoms with Gasteiger partial charge in [-0.25, -0.2) is 0 Å². The number of fused-ring (bicyclic) bond motifs is 20. The molecule has 8 saturated carbocycles. The van der Waals surface area contributed by atoms with E-state index in [0.717, 1.165) is 5.57 Å². The smallest absolute Gasteiger partial charge is 0.302 e. The van der Waals surface area contributed by atoms with Crippen LogP contribution in [-0.2, 0) is 23.9 Å². The van der Waals surface area contributed by atoms with Crippen LogP contribution in [0.3, 0.4) is 0 Å². The number of ketones is 1. The lowest BCUT2D eigenvalue weighted by Crippen LogP contribution is -2.50. The highest BCUT2D eigenvalue weighted by molar-refractivity contribution is 5.91. The Morgan fingerprint density at radius 1 is 0.436 bits per heavy atom. The van der Waals surface area contributed by atoms with E-state index in [-0.39, 0.29) is 139 Å². The second-order valence-corrected chi connectivity index (χ2v) is 35.0. The first kappa shape index (κ1) is 40.4. The summed E-state index contributed by atoms with van der Waals surface area (Å²) in [6.07, 6.45) is -7.57. The minimum Gasteiger partial charge on any atom is -0.462 e. The summed E-state index contributed by atoms with van der Waals surface area (Å²) in [5, 5.41) is 10.3. The van der Waals surface area contributed by atoms with Gasteiger partial charge in [-0.1, -0.05) is 144 Å². The topological polar surface area (TPSA) is 141 Å². The van der Waals surface area contributed by atoms with Crippen LogP contribution in [0.25, 0.3) is 22.3 Å². The average Bonchev–Trinajstić information content (AvgIpc) is 1.49. The maximum atomic E-state index is 12.2. The van der Waals surface area contributed by atoms with Crippen molar-refractivity contribution in [2.24, 2.45) is 114 Å². The van der Waals surface area contributed by atoms with Gasteiger partial charge in [0.05, 0.1) is 34.9 Å². The second kappa shape index (κ2) is 29.2. The number of aliphatic hydroxyl groups is 1. The zero-order valence-electron chi connectivity index (χ0n) is 107. The van der Waals surface area contributed by atoms with E-state index < -0.39 is 295 Å². The van der Waals surface area contributed by atoms with Crippen LogP contribution in [0.5, 0.6) is 0 Å². The first-order valence-electron chi connectivity index (χ1n) is 61.7. The molecule has 13 unspecified atom stereocenters. The van der Waals surface area contributed by atoms with Crippen LogP contribution in [0.4, 0.5) is 0 Å². The SMILES string of the molecule is [2H]C1=C(c2c([2H])nc([2H])c([2H])c2[2H])[C@@]2(C)CCC3C(C2C1([2H])[2H])C([2H])([2H])C([2H])C1=CC(=O)CC[C@@]13C.[2H]C1=C2C[C@@H](O)CC[C@]2(C)C2CC[C@]3(C)C(c4c([2H])nc([2H])c([2H])c4[2H])=C([2H])C([2H])([2H])C3C2C1([2H])[2H].[2H]C1=C2C[C@@H](OC(C)=O)CC[C@]2(C([2H])([2H])[2H])C2CC[C@]3(C([2H])([2H])[2H])C(c4c([2H])nc([2H])c([2H])c4[2H])=C([2H])C([2H])([2H])C3C2C1.[2H]c1nc([2H])c(C2=CCC3C4CC=C5C[C@@H](OC(C)=O)CC[C@]5(C([2H])([2H])[2H])C4CC[C@]23C([2H])([2H])[2H])c([2H])c1[2H]. The predicted octanol–water partition coefficient (Wildman–Crippen LogP) is 22.9. The number of pyridine rings is 4. The Balaban J connectivity index is 0.000000139. The summed E-state index contributed by atoms with van der Waals surface area (Å²) in [5.74, 6) is -9.89. The first-order valence-corrected chi connectivity index (χ1v) is 39.7. The third kappa shape index (κ3) is 12.8. The van der Waals surface area contributed by atoms with Crippen molar-refractivity contribution in [1.82, 2.24) is 19.9 Å². The number of carbonyl (C=O) groups excluding carboxylic acids is 3. The molecule has 0 bridgehead atoms. The molecular weight excluding hydrogens is 1350 g/mol. The van der Waals surface area contributed by atoms with E-state index in [9.17, 15) is 19.5 Å². The normalized spacial score (nSPS) is 51.5. The molecule has 16 aliphatic rings. The Morgan fingerprint density at radius 2 is 0.873 bits per heavy atom. The van der Waals surface area contributed by atoms with Gasteiger partial charge in [0.25, 0.3) is 0 Å². The highest BCUT2D eigenvalue weighted by atomic mass is 16.5. The molecule has 16 aliphatic carbocycles. The minimum atomic E-state index is -2.98. The highest BCUT2D eigenvalue weighted by Gasteiger charge is 2.62. The van der Waals surface area contributed by atoms with Crippen LogP contribution in [-0.4, -0.2) is 61.1 Å². The highest BCUT2D eigenvalue weighted by Crippen LogP contribution is 2.72. The van der Waals surface area contributed by atoms with Crippen molar-refractivity contribution >= 4 is 40.0 Å². The molecule has 0 saturated heterocycles. The van der Waals surface area contributed by atoms with Gasteiger partial charge in [0.2, 0.25) is 0 Å². The molecule has 110 heavy (non-hydrogen) atoms. The number of ether oxygens (including phenoxy) is 2. The molecule has 0 aromatic carbocycles. The quantitative estimate of drug-likeness (QED) is 0.146. The number of hydrogen-bond donors (Lipinski definition) is 1. The molecule has 4 aromatic heterocycles. The lowest BCUT2D eigenvalue weighted by atomic mass is 9.46. The van der Waals surface area contributed by atoms with Gasteiger partial charge in [-0.2, -0.15) is 0 Å². The van der Waals surface area contributed by atoms with Crippen molar-refractivity contribution in [3.63, 3.8) is 0 Å². The van der Waals surface area contributed by atoms with Crippen molar-refractivity contribution in [3.05, 3.63) is 191 Å². The fraction of sp³-hybridized carbons (Fsp3) is 0.610. The van der Waals surface area contributed by atoms with E-state index in [1.807, 2.05) is 19.9 Å². The van der Waals surface area contributed by atoms with Gasteiger partial charge >= 0.3 is 11.9 Å².